The van der Waals surface area contributed by atoms with E-state index in [1.165, 1.54) is 0 Å². The number of hydrogen-bond acceptors (Lipinski definition) is 3. The molecule has 2 N–H and O–H groups in total. The van der Waals surface area contributed by atoms with Crippen molar-refractivity contribution in [3.8, 4) is 0 Å². The smallest absolute Gasteiger partial charge is 0.313 e. The number of thioether (sulfide) groups is 1. The van der Waals surface area contributed by atoms with E-state index in [2.05, 4.69) is 0 Å². The van der Waals surface area contributed by atoms with Crippen molar-refractivity contribution in [3.05, 3.63) is 0 Å². The Morgan fingerprint density at radius 3 is 2.75 bits per heavy atom. The molecule has 1 heterocycles. The molecule has 0 saturated carbocycles. The van der Waals surface area contributed by atoms with Gasteiger partial charge in [-0.05, 0) is 18.6 Å². The summed E-state index contributed by atoms with van der Waals surface area (Å²) in [5.41, 5.74) is -0.886. The molecule has 12 heavy (non-hydrogen) atoms. The van der Waals surface area contributed by atoms with E-state index in [1.54, 1.807) is 11.8 Å². The van der Waals surface area contributed by atoms with E-state index in [1.807, 2.05) is 6.92 Å². The van der Waals surface area contributed by atoms with Gasteiger partial charge < -0.3 is 10.2 Å². The van der Waals surface area contributed by atoms with Crippen LogP contribution in [0, 0.1) is 5.41 Å². The summed E-state index contributed by atoms with van der Waals surface area (Å²) in [6.07, 6.45) is 0.447. The van der Waals surface area contributed by atoms with Crippen molar-refractivity contribution in [2.75, 3.05) is 11.5 Å². The maximum atomic E-state index is 10.9. The lowest BCUT2D eigenvalue weighted by atomic mass is 9.80. The summed E-state index contributed by atoms with van der Waals surface area (Å²) >= 11 is 1.62. The number of aliphatic hydroxyl groups excluding tert-OH is 1. The molecule has 0 spiro atoms. The Balaban J connectivity index is 2.81. The lowest BCUT2D eigenvalue weighted by Crippen LogP contribution is -2.46. The van der Waals surface area contributed by atoms with Gasteiger partial charge in [0.25, 0.3) is 0 Å². The summed E-state index contributed by atoms with van der Waals surface area (Å²) in [4.78, 5) is 10.9. The fourth-order valence-corrected chi connectivity index (χ4v) is 2.93. The van der Waals surface area contributed by atoms with Crippen LogP contribution in [-0.2, 0) is 4.79 Å². The number of rotatable bonds is 2. The van der Waals surface area contributed by atoms with Crippen LogP contribution in [0.4, 0.5) is 0 Å². The highest BCUT2D eigenvalue weighted by Gasteiger charge is 2.45. The molecule has 0 radical (unpaired) electrons. The summed E-state index contributed by atoms with van der Waals surface area (Å²) in [5.74, 6) is 0.556. The van der Waals surface area contributed by atoms with Crippen molar-refractivity contribution in [3.63, 3.8) is 0 Å². The first-order chi connectivity index (χ1) is 5.63. The number of hydrogen-bond donors (Lipinski definition) is 2. The number of carbonyl (C=O) groups is 1. The average molecular weight is 190 g/mol. The lowest BCUT2D eigenvalue weighted by molar-refractivity contribution is -0.155. The Bertz CT molecular complexity index is 183. The van der Waals surface area contributed by atoms with Crippen LogP contribution >= 0.6 is 11.8 Å². The molecule has 3 nitrogen and oxygen atoms in total. The van der Waals surface area contributed by atoms with Crippen molar-refractivity contribution in [1.82, 2.24) is 0 Å². The molecule has 1 aliphatic rings. The van der Waals surface area contributed by atoms with Gasteiger partial charge >= 0.3 is 5.97 Å². The third-order valence-corrected chi connectivity index (χ3v) is 3.83. The van der Waals surface area contributed by atoms with E-state index in [9.17, 15) is 9.90 Å². The molecule has 0 aliphatic carbocycles. The summed E-state index contributed by atoms with van der Waals surface area (Å²) < 4.78 is 0. The molecular formula is C8H14O3S. The molecule has 0 aromatic carbocycles. The van der Waals surface area contributed by atoms with Crippen LogP contribution in [-0.4, -0.2) is 33.8 Å². The number of aliphatic carboxylic acids is 1. The van der Waals surface area contributed by atoms with Crippen molar-refractivity contribution >= 4 is 17.7 Å². The van der Waals surface area contributed by atoms with Gasteiger partial charge in [0, 0.05) is 5.75 Å². The van der Waals surface area contributed by atoms with Gasteiger partial charge in [0.15, 0.2) is 0 Å². The average Bonchev–Trinajstić information content (AvgIpc) is 2.05. The zero-order chi connectivity index (χ0) is 9.19. The van der Waals surface area contributed by atoms with E-state index in [0.29, 0.717) is 18.6 Å². The minimum atomic E-state index is -0.886. The molecule has 0 aromatic heterocycles. The first-order valence-electron chi connectivity index (χ1n) is 4.12. The van der Waals surface area contributed by atoms with Crippen LogP contribution in [0.15, 0.2) is 0 Å². The quantitative estimate of drug-likeness (QED) is 0.681. The summed E-state index contributed by atoms with van der Waals surface area (Å²) in [6, 6.07) is 0. The van der Waals surface area contributed by atoms with Gasteiger partial charge in [-0.25, -0.2) is 0 Å². The van der Waals surface area contributed by atoms with E-state index in [0.717, 1.165) is 5.75 Å². The van der Waals surface area contributed by atoms with Gasteiger partial charge in [0.05, 0.1) is 6.10 Å². The highest BCUT2D eigenvalue weighted by atomic mass is 32.2. The standard InChI is InChI=1S/C8H14O3S/c1-2-8(7(10)11)5-12-4-3-6(8)9/h6,9H,2-5H2,1H3,(H,10,11). The lowest BCUT2D eigenvalue weighted by Gasteiger charge is -2.36. The maximum Gasteiger partial charge on any atom is 0.313 e. The van der Waals surface area contributed by atoms with E-state index in [4.69, 9.17) is 5.11 Å². The first kappa shape index (κ1) is 9.86. The fourth-order valence-electron chi connectivity index (χ4n) is 1.51. The summed E-state index contributed by atoms with van der Waals surface area (Å²) in [6.45, 7) is 1.82. The van der Waals surface area contributed by atoms with Crippen molar-refractivity contribution in [1.29, 1.82) is 0 Å². The van der Waals surface area contributed by atoms with Crippen molar-refractivity contribution in [2.24, 2.45) is 5.41 Å². The second-order valence-corrected chi connectivity index (χ2v) is 4.28. The third kappa shape index (κ3) is 1.45. The molecule has 70 valence electrons. The third-order valence-electron chi connectivity index (χ3n) is 2.59. The number of carboxylic acids is 1. The van der Waals surface area contributed by atoms with E-state index < -0.39 is 17.5 Å². The minimum Gasteiger partial charge on any atom is -0.481 e. The molecule has 1 rings (SSSR count). The van der Waals surface area contributed by atoms with Gasteiger partial charge in [-0.2, -0.15) is 11.8 Å². The fraction of sp³-hybridized carbons (Fsp3) is 0.875. The largest absolute Gasteiger partial charge is 0.481 e. The monoisotopic (exact) mass is 190 g/mol. The summed E-state index contributed by atoms with van der Waals surface area (Å²) in [7, 11) is 0. The molecule has 1 saturated heterocycles. The maximum absolute atomic E-state index is 10.9. The van der Waals surface area contributed by atoms with Gasteiger partial charge in [-0.15, -0.1) is 0 Å². The Morgan fingerprint density at radius 2 is 2.42 bits per heavy atom. The second kappa shape index (κ2) is 3.66. The van der Waals surface area contributed by atoms with Crippen LogP contribution in [0.5, 0.6) is 0 Å². The molecule has 0 aromatic rings. The predicted octanol–water partition coefficient (Wildman–Crippen LogP) is 0.965. The second-order valence-electron chi connectivity index (χ2n) is 3.17. The van der Waals surface area contributed by atoms with E-state index in [-0.39, 0.29) is 0 Å². The molecule has 0 amide bonds. The number of carboxylic acid groups (broad SMARTS) is 1. The summed E-state index contributed by atoms with van der Waals surface area (Å²) in [5, 5.41) is 18.6. The molecule has 1 aliphatic heterocycles. The van der Waals surface area contributed by atoms with Crippen LogP contribution in [0.1, 0.15) is 19.8 Å². The molecular weight excluding hydrogens is 176 g/mol. The number of aliphatic hydroxyl groups is 1. The van der Waals surface area contributed by atoms with Gasteiger partial charge in [0.1, 0.15) is 5.41 Å². The predicted molar refractivity (Wildman–Crippen MR) is 48.3 cm³/mol. The topological polar surface area (TPSA) is 57.5 Å². The zero-order valence-electron chi connectivity index (χ0n) is 7.12. The molecule has 2 unspecified atom stereocenters. The normalized spacial score (nSPS) is 36.3. The van der Waals surface area contributed by atoms with Crippen LogP contribution < -0.4 is 0 Å². The Labute approximate surface area is 76.2 Å². The Hall–Kier alpha value is -0.220. The minimum absolute atomic E-state index is 0.510. The Kier molecular flexibility index (Phi) is 3.01. The highest BCUT2D eigenvalue weighted by molar-refractivity contribution is 7.99. The van der Waals surface area contributed by atoms with E-state index >= 15 is 0 Å². The SMILES string of the molecule is CCC1(C(=O)O)CSCCC1O. The molecule has 0 bridgehead atoms. The van der Waals surface area contributed by atoms with Crippen LogP contribution in [0.2, 0.25) is 0 Å². The van der Waals surface area contributed by atoms with Crippen molar-refractivity contribution < 1.29 is 15.0 Å². The van der Waals surface area contributed by atoms with Gasteiger partial charge in [-0.1, -0.05) is 6.92 Å². The van der Waals surface area contributed by atoms with Gasteiger partial charge in [-0.3, -0.25) is 4.79 Å². The molecule has 4 heteroatoms. The molecule has 2 atom stereocenters. The van der Waals surface area contributed by atoms with Gasteiger partial charge in [0.2, 0.25) is 0 Å². The zero-order valence-corrected chi connectivity index (χ0v) is 7.93. The highest BCUT2D eigenvalue weighted by Crippen LogP contribution is 2.37. The van der Waals surface area contributed by atoms with Crippen LogP contribution in [0.25, 0.3) is 0 Å². The van der Waals surface area contributed by atoms with Crippen molar-refractivity contribution in [2.45, 2.75) is 25.9 Å². The first-order valence-corrected chi connectivity index (χ1v) is 5.28. The molecule has 1 fully saturated rings. The van der Waals surface area contributed by atoms with Crippen LogP contribution in [0.3, 0.4) is 0 Å². The Morgan fingerprint density at radius 1 is 1.75 bits per heavy atom.